The molecule has 0 saturated heterocycles. The molecule has 15 rings (SSSR count). The summed E-state index contributed by atoms with van der Waals surface area (Å²) < 4.78 is 6.04. The zero-order valence-electron chi connectivity index (χ0n) is 55.3. The Kier molecular flexibility index (Phi) is 23.4. The highest BCUT2D eigenvalue weighted by molar-refractivity contribution is 7.97. The average molecular weight is 1230 g/mol. The highest BCUT2D eigenvalue weighted by Gasteiger charge is 2.39. The van der Waals surface area contributed by atoms with Gasteiger partial charge in [0.05, 0.1) is 10.9 Å². The number of ether oxygens (including phenoxy) is 1. The summed E-state index contributed by atoms with van der Waals surface area (Å²) in [6, 6.07) is 68.4. The van der Waals surface area contributed by atoms with Crippen molar-refractivity contribution >= 4 is 21.8 Å². The normalized spacial score (nSPS) is 18.9. The summed E-state index contributed by atoms with van der Waals surface area (Å²) in [5.41, 5.74) is 15.2. The molecule has 0 unspecified atom stereocenters. The van der Waals surface area contributed by atoms with Crippen LogP contribution in [0.25, 0.3) is 0 Å². The molecule has 6 aliphatic carbocycles. The van der Waals surface area contributed by atoms with Crippen LogP contribution in [0.2, 0.25) is 0 Å². The average Bonchev–Trinajstić information content (AvgIpc) is 1.46. The van der Waals surface area contributed by atoms with Gasteiger partial charge in [0.15, 0.2) is 31.1 Å². The second-order valence-electron chi connectivity index (χ2n) is 28.0. The van der Waals surface area contributed by atoms with Crippen molar-refractivity contribution in [3.63, 3.8) is 0 Å². The van der Waals surface area contributed by atoms with E-state index in [1.807, 2.05) is 24.3 Å². The molecule has 90 heavy (non-hydrogen) atoms. The first-order valence-electron chi connectivity index (χ1n) is 36.3. The number of rotatable bonds is 10. The summed E-state index contributed by atoms with van der Waals surface area (Å²) >= 11 is 0. The highest BCUT2D eigenvalue weighted by atomic mass is 32.2. The van der Waals surface area contributed by atoms with E-state index in [4.69, 9.17) is 4.74 Å². The van der Waals surface area contributed by atoms with Crippen LogP contribution < -0.4 is 4.74 Å². The lowest BCUT2D eigenvalue weighted by molar-refractivity contribution is 0.425. The van der Waals surface area contributed by atoms with Gasteiger partial charge in [-0.1, -0.05) is 236 Å². The van der Waals surface area contributed by atoms with Crippen LogP contribution in [0.3, 0.4) is 0 Å². The summed E-state index contributed by atoms with van der Waals surface area (Å²) in [7, 11) is -0.106. The number of benzene rings is 8. The summed E-state index contributed by atoms with van der Waals surface area (Å²) in [6.07, 6.45) is 43.6. The molecule has 470 valence electrons. The van der Waals surface area contributed by atoms with Gasteiger partial charge in [0.25, 0.3) is 0 Å². The van der Waals surface area contributed by atoms with Crippen LogP contribution in [0.1, 0.15) is 278 Å². The number of hydrogen-bond donors (Lipinski definition) is 0. The summed E-state index contributed by atoms with van der Waals surface area (Å²) in [5.74, 6) is 7.10. The van der Waals surface area contributed by atoms with Gasteiger partial charge in [-0.3, -0.25) is 0 Å². The summed E-state index contributed by atoms with van der Waals surface area (Å²) in [6.45, 7) is 7.07. The smallest absolute Gasteiger partial charge is 0.209 e. The Morgan fingerprint density at radius 1 is 0.289 bits per heavy atom. The van der Waals surface area contributed by atoms with Crippen molar-refractivity contribution < 1.29 is 4.74 Å². The van der Waals surface area contributed by atoms with Crippen LogP contribution in [0, 0.1) is 20.8 Å². The Morgan fingerprint density at radius 2 is 0.567 bits per heavy atom. The van der Waals surface area contributed by atoms with Crippen LogP contribution in [-0.4, -0.2) is 0 Å². The fraction of sp³-hybridized carbons (Fsp3) is 0.448. The molecule has 3 heteroatoms. The van der Waals surface area contributed by atoms with Crippen molar-refractivity contribution in [2.45, 2.75) is 278 Å². The largest absolute Gasteiger partial charge is 0.447 e. The third-order valence-electron chi connectivity index (χ3n) is 21.9. The van der Waals surface area contributed by atoms with E-state index >= 15 is 0 Å². The van der Waals surface area contributed by atoms with E-state index in [0.29, 0.717) is 0 Å². The first kappa shape index (κ1) is 64.4. The molecule has 8 aromatic carbocycles. The first-order chi connectivity index (χ1) is 44.4. The Morgan fingerprint density at radius 3 is 0.900 bits per heavy atom. The second kappa shape index (κ2) is 32.7. The number of fused-ring (bicyclic) bond motifs is 2. The van der Waals surface area contributed by atoms with Crippen molar-refractivity contribution in [2.75, 3.05) is 0 Å². The van der Waals surface area contributed by atoms with E-state index in [9.17, 15) is 0 Å². The van der Waals surface area contributed by atoms with Crippen LogP contribution in [0.4, 0.5) is 0 Å². The van der Waals surface area contributed by atoms with E-state index in [0.717, 1.165) is 47.0 Å². The molecule has 0 bridgehead atoms. The van der Waals surface area contributed by atoms with E-state index in [2.05, 4.69) is 185 Å². The fourth-order valence-corrected chi connectivity index (χ4v) is 21.2. The molecule has 6 saturated carbocycles. The quantitative estimate of drug-likeness (QED) is 0.124. The van der Waals surface area contributed by atoms with E-state index in [1.54, 1.807) is 44.5 Å². The lowest BCUT2D eigenvalue weighted by Crippen LogP contribution is -2.14. The SMILES string of the molecule is Cc1c(C2CCCCC2)cc(C2CCCCC2)cc1C1CCCCC1.Cc1c(C2CCCCC2)cc(C2CCCCC2)cc1C1CCCCC1.Cc1ccc([S+](c2ccccc2)c2ccccc2)cc1.c1ccc([S+]2c3ccccc3Oc3ccccc32)cc1. The molecule has 0 N–H and O–H groups in total. The zero-order chi connectivity index (χ0) is 61.3. The predicted octanol–water partition coefficient (Wildman–Crippen LogP) is 26.3. The van der Waals surface area contributed by atoms with Gasteiger partial charge in [-0.2, -0.15) is 0 Å². The Bertz CT molecular complexity index is 3170. The molecular weight excluding hydrogens is 1130 g/mol. The highest BCUT2D eigenvalue weighted by Crippen LogP contribution is 2.49. The van der Waals surface area contributed by atoms with E-state index in [-0.39, 0.29) is 21.8 Å². The van der Waals surface area contributed by atoms with Crippen molar-refractivity contribution in [3.8, 4) is 11.5 Å². The third kappa shape index (κ3) is 16.4. The maximum atomic E-state index is 6.04. The van der Waals surface area contributed by atoms with Crippen molar-refractivity contribution in [1.82, 2.24) is 0 Å². The van der Waals surface area contributed by atoms with Crippen LogP contribution >= 0.6 is 0 Å². The molecule has 7 aliphatic rings. The molecule has 0 spiro atoms. The van der Waals surface area contributed by atoms with Gasteiger partial charge >= 0.3 is 0 Å². The van der Waals surface area contributed by atoms with Crippen LogP contribution in [0.15, 0.2) is 217 Å². The fourth-order valence-electron chi connectivity index (χ4n) is 16.9. The first-order valence-corrected chi connectivity index (χ1v) is 38.7. The molecular formula is C87H106OS2+2. The molecule has 1 heterocycles. The minimum atomic E-state index is -0.0829. The lowest BCUT2D eigenvalue weighted by Gasteiger charge is -2.31. The van der Waals surface area contributed by atoms with Gasteiger partial charge in [-0.05, 0) is 251 Å². The van der Waals surface area contributed by atoms with E-state index in [1.165, 1.54) is 228 Å². The molecule has 0 amide bonds. The number of aryl methyl sites for hydroxylation is 1. The van der Waals surface area contributed by atoms with Gasteiger partial charge in [0.2, 0.25) is 9.79 Å². The second-order valence-corrected chi connectivity index (χ2v) is 32.0. The summed E-state index contributed by atoms with van der Waals surface area (Å²) in [4.78, 5) is 7.95. The monoisotopic (exact) mass is 1230 g/mol. The minimum absolute atomic E-state index is 0.0229. The van der Waals surface area contributed by atoms with E-state index < -0.39 is 0 Å². The van der Waals surface area contributed by atoms with Crippen molar-refractivity contribution in [1.29, 1.82) is 0 Å². The molecule has 6 fully saturated rings. The molecule has 0 aromatic heterocycles. The maximum absolute atomic E-state index is 6.04. The molecule has 8 aromatic rings. The van der Waals surface area contributed by atoms with Crippen molar-refractivity contribution in [2.24, 2.45) is 0 Å². The summed E-state index contributed by atoms with van der Waals surface area (Å²) in [5, 5.41) is 0. The molecule has 1 nitrogen and oxygen atoms in total. The predicted molar refractivity (Wildman–Crippen MR) is 385 cm³/mol. The van der Waals surface area contributed by atoms with Crippen LogP contribution in [-0.2, 0) is 21.8 Å². The lowest BCUT2D eigenvalue weighted by atomic mass is 9.74. The number of hydrogen-bond acceptors (Lipinski definition) is 1. The third-order valence-corrected chi connectivity index (χ3v) is 26.4. The minimum Gasteiger partial charge on any atom is -0.447 e. The Labute approximate surface area is 550 Å². The van der Waals surface area contributed by atoms with Crippen LogP contribution in [0.5, 0.6) is 11.5 Å². The Hall–Kier alpha value is -5.74. The van der Waals surface area contributed by atoms with Gasteiger partial charge in [-0.25, -0.2) is 0 Å². The zero-order valence-corrected chi connectivity index (χ0v) is 56.9. The van der Waals surface area contributed by atoms with Gasteiger partial charge in [-0.15, -0.1) is 0 Å². The number of para-hydroxylation sites is 2. The maximum Gasteiger partial charge on any atom is 0.209 e. The molecule has 0 atom stereocenters. The van der Waals surface area contributed by atoms with Gasteiger partial charge in [0, 0.05) is 0 Å². The Balaban J connectivity index is 0.000000117. The van der Waals surface area contributed by atoms with Crippen molar-refractivity contribution in [3.05, 3.63) is 238 Å². The molecule has 1 aliphatic heterocycles. The van der Waals surface area contributed by atoms with Gasteiger partial charge in [0.1, 0.15) is 10.9 Å². The molecule has 0 radical (unpaired) electrons. The van der Waals surface area contributed by atoms with Gasteiger partial charge < -0.3 is 4.74 Å². The topological polar surface area (TPSA) is 9.23 Å². The standard InChI is InChI=1S/2C25H38.C19H17S.C18H13OS/c2*1-19-24(21-13-7-3-8-14-21)17-23(20-11-5-2-6-12-20)18-25(19)22-15-9-4-10-16-22;1-16-12-14-19(15-13-16)20(17-8-4-2-5-9-17)18-10-6-3-7-11-18;1-2-8-14(9-3-1)20-17-12-6-4-10-15(17)19-16-11-5-7-13-18(16)20/h2*17-18,20-22H,2-16H2,1H3;2-15H,1H3;1-13H/q;;2*+1.